The van der Waals surface area contributed by atoms with Gasteiger partial charge in [-0.2, -0.15) is 0 Å². The van der Waals surface area contributed by atoms with Crippen LogP contribution in [0.5, 0.6) is 0 Å². The summed E-state index contributed by atoms with van der Waals surface area (Å²) < 4.78 is 1.82. The van der Waals surface area contributed by atoms with Crippen molar-refractivity contribution in [2.75, 3.05) is 0 Å². The van der Waals surface area contributed by atoms with E-state index in [0.29, 0.717) is 27.8 Å². The maximum absolute atomic E-state index is 11.1. The number of rotatable bonds is 3. The zero-order valence-electron chi connectivity index (χ0n) is 11.5. The molecule has 0 saturated carbocycles. The molecule has 2 aromatic heterocycles. The van der Waals surface area contributed by atoms with Crippen molar-refractivity contribution in [1.29, 1.82) is 0 Å². The molecule has 0 spiro atoms. The van der Waals surface area contributed by atoms with Crippen LogP contribution in [0.2, 0.25) is 10.0 Å². The van der Waals surface area contributed by atoms with Gasteiger partial charge in [0.25, 0.3) is 0 Å². The fraction of sp³-hybridized carbons (Fsp3) is 0.133. The summed E-state index contributed by atoms with van der Waals surface area (Å²) in [5.74, 6) is -0.353. The number of benzene rings is 1. The molecular weight excluding hydrogens is 325 g/mol. The molecule has 1 aromatic carbocycles. The van der Waals surface area contributed by atoms with Crippen molar-refractivity contribution in [3.05, 3.63) is 57.5 Å². The third kappa shape index (κ3) is 2.53. The molecule has 5 nitrogen and oxygen atoms in total. The van der Waals surface area contributed by atoms with E-state index in [9.17, 15) is 4.79 Å². The summed E-state index contributed by atoms with van der Waals surface area (Å²) >= 11 is 12.2. The monoisotopic (exact) mass is 335 g/mol. The lowest BCUT2D eigenvalue weighted by Gasteiger charge is -2.09. The molecule has 3 aromatic rings. The molecule has 22 heavy (non-hydrogen) atoms. The lowest BCUT2D eigenvalue weighted by atomic mass is 10.2. The normalized spacial score (nSPS) is 11.0. The Hall–Kier alpha value is -2.11. The smallest absolute Gasteiger partial charge is 0.354 e. The predicted octanol–water partition coefficient (Wildman–Crippen LogP) is 3.79. The van der Waals surface area contributed by atoms with Crippen molar-refractivity contribution in [2.24, 2.45) is 0 Å². The number of hydrogen-bond acceptors (Lipinski definition) is 3. The second kappa shape index (κ2) is 5.59. The van der Waals surface area contributed by atoms with Crippen LogP contribution in [-0.2, 0) is 6.54 Å². The van der Waals surface area contributed by atoms with Gasteiger partial charge in [-0.05, 0) is 30.7 Å². The summed E-state index contributed by atoms with van der Waals surface area (Å²) in [6.45, 7) is 2.25. The van der Waals surface area contributed by atoms with Gasteiger partial charge in [0.15, 0.2) is 11.3 Å². The Balaban J connectivity index is 2.13. The van der Waals surface area contributed by atoms with Gasteiger partial charge in [0.2, 0.25) is 0 Å². The summed E-state index contributed by atoms with van der Waals surface area (Å²) in [6, 6.07) is 8.48. The van der Waals surface area contributed by atoms with Gasteiger partial charge in [0, 0.05) is 0 Å². The van der Waals surface area contributed by atoms with Crippen LogP contribution in [0.4, 0.5) is 0 Å². The number of pyridine rings is 1. The number of carbonyl (C=O) groups is 1. The molecule has 0 saturated heterocycles. The van der Waals surface area contributed by atoms with E-state index in [4.69, 9.17) is 28.3 Å². The molecule has 2 heterocycles. The summed E-state index contributed by atoms with van der Waals surface area (Å²) in [6.07, 6.45) is 0. The average molecular weight is 336 g/mol. The Bertz CT molecular complexity index is 890. The summed E-state index contributed by atoms with van der Waals surface area (Å²) in [5, 5.41) is 10.0. The van der Waals surface area contributed by atoms with Gasteiger partial charge >= 0.3 is 5.97 Å². The van der Waals surface area contributed by atoms with E-state index < -0.39 is 5.97 Å². The van der Waals surface area contributed by atoms with Gasteiger partial charge in [0.1, 0.15) is 11.3 Å². The van der Waals surface area contributed by atoms with Gasteiger partial charge in [-0.15, -0.1) is 0 Å². The maximum Gasteiger partial charge on any atom is 0.354 e. The summed E-state index contributed by atoms with van der Waals surface area (Å²) in [4.78, 5) is 19.7. The fourth-order valence-corrected chi connectivity index (χ4v) is 2.64. The topological polar surface area (TPSA) is 68.0 Å². The first-order chi connectivity index (χ1) is 10.5. The molecule has 112 valence electrons. The van der Waals surface area contributed by atoms with Crippen LogP contribution in [0, 0.1) is 6.92 Å². The van der Waals surface area contributed by atoms with Gasteiger partial charge in [-0.25, -0.2) is 14.8 Å². The second-order valence-electron chi connectivity index (χ2n) is 4.80. The number of nitrogens with zero attached hydrogens (tertiary/aromatic N) is 3. The number of carboxylic acid groups (broad SMARTS) is 1. The van der Waals surface area contributed by atoms with Crippen LogP contribution in [0.3, 0.4) is 0 Å². The third-order valence-corrected chi connectivity index (χ3v) is 4.22. The molecule has 1 N–H and O–H groups in total. The zero-order chi connectivity index (χ0) is 15.9. The third-order valence-electron chi connectivity index (χ3n) is 3.36. The molecule has 0 radical (unpaired) electrons. The molecule has 0 aliphatic carbocycles. The Morgan fingerprint density at radius 3 is 2.73 bits per heavy atom. The molecule has 0 unspecified atom stereocenters. The van der Waals surface area contributed by atoms with Crippen LogP contribution < -0.4 is 0 Å². The Kier molecular flexibility index (Phi) is 3.76. The molecular formula is C15H11Cl2N3O2. The van der Waals surface area contributed by atoms with Crippen LogP contribution in [0.15, 0.2) is 30.3 Å². The highest BCUT2D eigenvalue weighted by Gasteiger charge is 2.14. The zero-order valence-corrected chi connectivity index (χ0v) is 13.1. The van der Waals surface area contributed by atoms with Gasteiger partial charge in [0.05, 0.1) is 16.6 Å². The quantitative estimate of drug-likeness (QED) is 0.790. The SMILES string of the molecule is Cc1nc2ccc(C(=O)O)nc2n1Cc1cccc(Cl)c1Cl. The number of aromatic carboxylic acids is 1. The summed E-state index contributed by atoms with van der Waals surface area (Å²) in [5.41, 5.74) is 1.94. The van der Waals surface area contributed by atoms with Gasteiger partial charge in [-0.3, -0.25) is 0 Å². The first-order valence-electron chi connectivity index (χ1n) is 6.47. The number of fused-ring (bicyclic) bond motifs is 1. The van der Waals surface area contributed by atoms with Crippen molar-refractivity contribution in [3.63, 3.8) is 0 Å². The van der Waals surface area contributed by atoms with Crippen molar-refractivity contribution in [3.8, 4) is 0 Å². The molecule has 0 amide bonds. The van der Waals surface area contributed by atoms with E-state index >= 15 is 0 Å². The van der Waals surface area contributed by atoms with Crippen molar-refractivity contribution < 1.29 is 9.90 Å². The van der Waals surface area contributed by atoms with Crippen molar-refractivity contribution in [2.45, 2.75) is 13.5 Å². The first kappa shape index (κ1) is 14.8. The largest absolute Gasteiger partial charge is 0.477 e. The lowest BCUT2D eigenvalue weighted by Crippen LogP contribution is -2.06. The number of aryl methyl sites for hydroxylation is 1. The summed E-state index contributed by atoms with van der Waals surface area (Å²) in [7, 11) is 0. The second-order valence-corrected chi connectivity index (χ2v) is 5.59. The molecule has 7 heteroatoms. The van der Waals surface area contributed by atoms with E-state index in [2.05, 4.69) is 9.97 Å². The van der Waals surface area contributed by atoms with Crippen molar-refractivity contribution in [1.82, 2.24) is 14.5 Å². The van der Waals surface area contributed by atoms with Crippen LogP contribution in [0.1, 0.15) is 21.9 Å². The number of hydrogen-bond donors (Lipinski definition) is 1. The highest BCUT2D eigenvalue weighted by Crippen LogP contribution is 2.27. The van der Waals surface area contributed by atoms with Crippen LogP contribution in [-0.4, -0.2) is 25.6 Å². The Morgan fingerprint density at radius 1 is 1.23 bits per heavy atom. The minimum atomic E-state index is -1.08. The number of halogens is 2. The number of aromatic nitrogens is 3. The van der Waals surface area contributed by atoms with Gasteiger partial charge < -0.3 is 9.67 Å². The van der Waals surface area contributed by atoms with E-state index in [1.54, 1.807) is 12.1 Å². The van der Waals surface area contributed by atoms with Crippen molar-refractivity contribution >= 4 is 40.3 Å². The maximum atomic E-state index is 11.1. The highest BCUT2D eigenvalue weighted by atomic mass is 35.5. The van der Waals surface area contributed by atoms with Gasteiger partial charge in [-0.1, -0.05) is 35.3 Å². The molecule has 0 bridgehead atoms. The minimum absolute atomic E-state index is 0.0224. The molecule has 0 aliphatic rings. The lowest BCUT2D eigenvalue weighted by molar-refractivity contribution is 0.0691. The number of carboxylic acids is 1. The average Bonchev–Trinajstić information content (AvgIpc) is 2.79. The van der Waals surface area contributed by atoms with E-state index in [0.717, 1.165) is 11.4 Å². The van der Waals surface area contributed by atoms with E-state index in [1.807, 2.05) is 23.6 Å². The highest BCUT2D eigenvalue weighted by molar-refractivity contribution is 6.42. The number of imidazole rings is 1. The fourth-order valence-electron chi connectivity index (χ4n) is 2.26. The molecule has 0 fully saturated rings. The van der Waals surface area contributed by atoms with E-state index in [-0.39, 0.29) is 5.69 Å². The minimum Gasteiger partial charge on any atom is -0.477 e. The predicted molar refractivity (Wildman–Crippen MR) is 84.8 cm³/mol. The first-order valence-corrected chi connectivity index (χ1v) is 7.23. The van der Waals surface area contributed by atoms with E-state index in [1.165, 1.54) is 6.07 Å². The Morgan fingerprint density at radius 2 is 2.00 bits per heavy atom. The van der Waals surface area contributed by atoms with Crippen LogP contribution >= 0.6 is 23.2 Å². The standard InChI is InChI=1S/C15H11Cl2N3O2/c1-8-18-11-5-6-12(15(21)22)19-14(11)20(8)7-9-3-2-4-10(16)13(9)17/h2-6H,7H2,1H3,(H,21,22). The Labute approximate surface area is 136 Å². The molecule has 0 atom stereocenters. The van der Waals surface area contributed by atoms with Crippen LogP contribution in [0.25, 0.3) is 11.2 Å². The molecule has 3 rings (SSSR count). The molecule has 0 aliphatic heterocycles.